The molecule has 3 aromatic carbocycles. The Morgan fingerprint density at radius 2 is 1.71 bits per heavy atom. The average molecular weight is 434 g/mol. The van der Waals surface area contributed by atoms with E-state index in [1.165, 1.54) is 0 Å². The van der Waals surface area contributed by atoms with Crippen molar-refractivity contribution in [2.45, 2.75) is 13.5 Å². The first-order chi connectivity index (χ1) is 13.6. The minimum Gasteiger partial charge on any atom is -0.493 e. The number of hydrogen-bond donors (Lipinski definition) is 0. The van der Waals surface area contributed by atoms with Gasteiger partial charge in [-0.2, -0.15) is 5.26 Å². The van der Waals surface area contributed by atoms with Crippen molar-refractivity contribution in [3.63, 3.8) is 0 Å². The van der Waals surface area contributed by atoms with E-state index in [1.54, 1.807) is 7.11 Å². The summed E-state index contributed by atoms with van der Waals surface area (Å²) in [5, 5.41) is 9.54. The molecular formula is C24H20BrNO2. The fraction of sp³-hybridized carbons (Fsp3) is 0.125. The lowest BCUT2D eigenvalue weighted by molar-refractivity contribution is 0.284. The van der Waals surface area contributed by atoms with Crippen LogP contribution in [-0.2, 0) is 6.61 Å². The van der Waals surface area contributed by atoms with Gasteiger partial charge in [-0.25, -0.2) is 0 Å². The molecular weight excluding hydrogens is 414 g/mol. The van der Waals surface area contributed by atoms with E-state index in [-0.39, 0.29) is 0 Å². The predicted octanol–water partition coefficient (Wildman–Crippen LogP) is 6.41. The summed E-state index contributed by atoms with van der Waals surface area (Å²) in [5.41, 5.74) is 4.61. The summed E-state index contributed by atoms with van der Waals surface area (Å²) in [4.78, 5) is 0. The normalized spacial score (nSPS) is 11.0. The molecule has 0 aliphatic heterocycles. The standard InChI is InChI=1S/C24H20BrNO2/c1-17-3-8-20(9-4-17)21(15-26)13-19-7-12-23(24(14-19)27-2)28-16-18-5-10-22(25)11-6-18/h3-14H,16H2,1-2H3/b21-13-. The number of ether oxygens (including phenoxy) is 2. The maximum absolute atomic E-state index is 9.54. The van der Waals surface area contributed by atoms with Crippen LogP contribution >= 0.6 is 15.9 Å². The van der Waals surface area contributed by atoms with Crippen molar-refractivity contribution < 1.29 is 9.47 Å². The molecule has 4 heteroatoms. The van der Waals surface area contributed by atoms with Gasteiger partial charge in [0.05, 0.1) is 18.8 Å². The van der Waals surface area contributed by atoms with Crippen LogP contribution in [0.5, 0.6) is 11.5 Å². The number of nitriles is 1. The van der Waals surface area contributed by atoms with Gasteiger partial charge in [0.25, 0.3) is 0 Å². The lowest BCUT2D eigenvalue weighted by Crippen LogP contribution is -1.98. The second-order valence-corrected chi connectivity index (χ2v) is 7.28. The lowest BCUT2D eigenvalue weighted by Gasteiger charge is -2.12. The number of nitrogens with zero attached hydrogens (tertiary/aromatic N) is 1. The van der Waals surface area contributed by atoms with Crippen molar-refractivity contribution in [3.8, 4) is 17.6 Å². The molecule has 0 N–H and O–H groups in total. The Kier molecular flexibility index (Phi) is 6.52. The van der Waals surface area contributed by atoms with Gasteiger partial charge in [-0.1, -0.05) is 64.0 Å². The topological polar surface area (TPSA) is 42.2 Å². The van der Waals surface area contributed by atoms with Crippen LogP contribution in [-0.4, -0.2) is 7.11 Å². The Bertz CT molecular complexity index is 1020. The Morgan fingerprint density at radius 3 is 2.36 bits per heavy atom. The Labute approximate surface area is 174 Å². The quantitative estimate of drug-likeness (QED) is 0.333. The van der Waals surface area contributed by atoms with E-state index in [0.29, 0.717) is 23.7 Å². The van der Waals surface area contributed by atoms with Crippen LogP contribution in [0.3, 0.4) is 0 Å². The monoisotopic (exact) mass is 433 g/mol. The summed E-state index contributed by atoms with van der Waals surface area (Å²) in [7, 11) is 1.61. The summed E-state index contributed by atoms with van der Waals surface area (Å²) < 4.78 is 12.4. The zero-order valence-electron chi connectivity index (χ0n) is 15.8. The highest BCUT2D eigenvalue weighted by molar-refractivity contribution is 9.10. The van der Waals surface area contributed by atoms with Crippen molar-refractivity contribution >= 4 is 27.6 Å². The van der Waals surface area contributed by atoms with Crippen LogP contribution < -0.4 is 9.47 Å². The van der Waals surface area contributed by atoms with Gasteiger partial charge in [0.2, 0.25) is 0 Å². The third-order valence-electron chi connectivity index (χ3n) is 4.29. The van der Waals surface area contributed by atoms with E-state index in [0.717, 1.165) is 26.7 Å². The van der Waals surface area contributed by atoms with Gasteiger partial charge in [-0.3, -0.25) is 0 Å². The van der Waals surface area contributed by atoms with Gasteiger partial charge in [-0.05, 0) is 54.0 Å². The minimum atomic E-state index is 0.450. The van der Waals surface area contributed by atoms with Gasteiger partial charge < -0.3 is 9.47 Å². The van der Waals surface area contributed by atoms with Gasteiger partial charge in [0, 0.05) is 4.47 Å². The van der Waals surface area contributed by atoms with E-state index in [1.807, 2.05) is 79.7 Å². The molecule has 0 saturated carbocycles. The fourth-order valence-corrected chi connectivity index (χ4v) is 2.98. The van der Waals surface area contributed by atoms with E-state index >= 15 is 0 Å². The molecule has 0 spiro atoms. The van der Waals surface area contributed by atoms with Crippen LogP contribution in [0.15, 0.2) is 71.2 Å². The summed E-state index contributed by atoms with van der Waals surface area (Å²) in [6.45, 7) is 2.48. The van der Waals surface area contributed by atoms with Gasteiger partial charge >= 0.3 is 0 Å². The highest BCUT2D eigenvalue weighted by Crippen LogP contribution is 2.30. The molecule has 3 rings (SSSR count). The van der Waals surface area contributed by atoms with Crippen LogP contribution in [0.4, 0.5) is 0 Å². The molecule has 0 unspecified atom stereocenters. The molecule has 0 amide bonds. The van der Waals surface area contributed by atoms with Crippen LogP contribution in [0, 0.1) is 18.3 Å². The van der Waals surface area contributed by atoms with E-state index in [4.69, 9.17) is 9.47 Å². The number of methoxy groups -OCH3 is 1. The molecule has 0 atom stereocenters. The van der Waals surface area contributed by atoms with E-state index in [2.05, 4.69) is 22.0 Å². The number of benzene rings is 3. The highest BCUT2D eigenvalue weighted by Gasteiger charge is 2.07. The molecule has 0 radical (unpaired) electrons. The second-order valence-electron chi connectivity index (χ2n) is 6.36. The van der Waals surface area contributed by atoms with Crippen molar-refractivity contribution in [1.29, 1.82) is 5.26 Å². The molecule has 0 aliphatic carbocycles. The van der Waals surface area contributed by atoms with Gasteiger partial charge in [-0.15, -0.1) is 0 Å². The molecule has 0 heterocycles. The largest absolute Gasteiger partial charge is 0.493 e. The van der Waals surface area contributed by atoms with Crippen LogP contribution in [0.1, 0.15) is 22.3 Å². The van der Waals surface area contributed by atoms with Crippen molar-refractivity contribution in [2.24, 2.45) is 0 Å². The summed E-state index contributed by atoms with van der Waals surface area (Å²) in [5.74, 6) is 1.29. The van der Waals surface area contributed by atoms with E-state index in [9.17, 15) is 5.26 Å². The Hall–Kier alpha value is -3.03. The molecule has 3 nitrogen and oxygen atoms in total. The smallest absolute Gasteiger partial charge is 0.161 e. The number of halogens is 1. The van der Waals surface area contributed by atoms with Gasteiger partial charge in [0.1, 0.15) is 6.61 Å². The number of rotatable bonds is 6. The maximum Gasteiger partial charge on any atom is 0.161 e. The van der Waals surface area contributed by atoms with Crippen LogP contribution in [0.25, 0.3) is 11.6 Å². The van der Waals surface area contributed by atoms with Crippen molar-refractivity contribution in [1.82, 2.24) is 0 Å². The Balaban J connectivity index is 1.80. The zero-order valence-corrected chi connectivity index (χ0v) is 17.4. The first kappa shape index (κ1) is 19.7. The number of hydrogen-bond acceptors (Lipinski definition) is 3. The SMILES string of the molecule is COc1cc(/C=C(/C#N)c2ccc(C)cc2)ccc1OCc1ccc(Br)cc1. The Morgan fingerprint density at radius 1 is 1.00 bits per heavy atom. The maximum atomic E-state index is 9.54. The summed E-state index contributed by atoms with van der Waals surface area (Å²) >= 11 is 3.43. The van der Waals surface area contributed by atoms with Crippen molar-refractivity contribution in [3.05, 3.63) is 93.5 Å². The third-order valence-corrected chi connectivity index (χ3v) is 4.82. The number of aryl methyl sites for hydroxylation is 1. The lowest BCUT2D eigenvalue weighted by atomic mass is 10.0. The molecule has 0 aromatic heterocycles. The average Bonchev–Trinajstić information content (AvgIpc) is 2.72. The molecule has 140 valence electrons. The van der Waals surface area contributed by atoms with Crippen LogP contribution in [0.2, 0.25) is 0 Å². The second kappa shape index (κ2) is 9.25. The first-order valence-electron chi connectivity index (χ1n) is 8.83. The predicted molar refractivity (Wildman–Crippen MR) is 116 cm³/mol. The summed E-state index contributed by atoms with van der Waals surface area (Å²) in [6.07, 6.45) is 1.85. The minimum absolute atomic E-state index is 0.450. The fourth-order valence-electron chi connectivity index (χ4n) is 2.71. The molecule has 0 fully saturated rings. The number of allylic oxidation sites excluding steroid dienone is 1. The van der Waals surface area contributed by atoms with Gasteiger partial charge in [0.15, 0.2) is 11.5 Å². The highest BCUT2D eigenvalue weighted by atomic mass is 79.9. The molecule has 0 bridgehead atoms. The first-order valence-corrected chi connectivity index (χ1v) is 9.62. The van der Waals surface area contributed by atoms with E-state index < -0.39 is 0 Å². The summed E-state index contributed by atoms with van der Waals surface area (Å²) in [6, 6.07) is 23.8. The molecule has 3 aromatic rings. The molecule has 0 saturated heterocycles. The third kappa shape index (κ3) is 5.03. The van der Waals surface area contributed by atoms with Crippen molar-refractivity contribution in [2.75, 3.05) is 7.11 Å². The zero-order chi connectivity index (χ0) is 19.9. The molecule has 28 heavy (non-hydrogen) atoms. The molecule has 0 aliphatic rings.